The summed E-state index contributed by atoms with van der Waals surface area (Å²) in [5.74, 6) is -2.30. The van der Waals surface area contributed by atoms with E-state index in [9.17, 15) is 9.18 Å². The van der Waals surface area contributed by atoms with Crippen molar-refractivity contribution in [2.75, 3.05) is 0 Å². The molecule has 0 saturated heterocycles. The van der Waals surface area contributed by atoms with E-state index in [-0.39, 0.29) is 0 Å². The normalized spacial score (nSPS) is 31.3. The molecule has 0 heterocycles. The summed E-state index contributed by atoms with van der Waals surface area (Å²) >= 11 is 0. The number of benzene rings is 1. The highest BCUT2D eigenvalue weighted by Gasteiger charge is 2.56. The first-order chi connectivity index (χ1) is 6.22. The van der Waals surface area contributed by atoms with Crippen molar-refractivity contribution in [3.63, 3.8) is 0 Å². The summed E-state index contributed by atoms with van der Waals surface area (Å²) in [6.07, 6.45) is -1.21. The maximum atomic E-state index is 13.0. The molecule has 3 unspecified atom stereocenters. The van der Waals surface area contributed by atoms with Crippen LogP contribution in [0.4, 0.5) is 4.39 Å². The molecule has 3 heteroatoms. The number of hydrogen-bond acceptors (Lipinski definition) is 1. The fraction of sp³-hybridized carbons (Fsp3) is 0.300. The monoisotopic (exact) mass is 180 g/mol. The van der Waals surface area contributed by atoms with Crippen LogP contribution in [-0.2, 0) is 4.79 Å². The van der Waals surface area contributed by atoms with Gasteiger partial charge in [0.05, 0.1) is 5.92 Å². The zero-order chi connectivity index (χ0) is 9.42. The van der Waals surface area contributed by atoms with Crippen molar-refractivity contribution in [3.05, 3.63) is 35.9 Å². The molecule has 1 aromatic rings. The van der Waals surface area contributed by atoms with E-state index in [4.69, 9.17) is 5.11 Å². The topological polar surface area (TPSA) is 37.3 Å². The molecule has 1 saturated carbocycles. The number of halogens is 1. The lowest BCUT2D eigenvalue weighted by Gasteiger charge is -1.94. The van der Waals surface area contributed by atoms with Gasteiger partial charge in [-0.25, -0.2) is 4.39 Å². The Bertz CT molecular complexity index is 323. The third kappa shape index (κ3) is 1.30. The second kappa shape index (κ2) is 2.83. The van der Waals surface area contributed by atoms with Crippen LogP contribution in [0.15, 0.2) is 30.3 Å². The van der Waals surface area contributed by atoms with Crippen LogP contribution in [0.3, 0.4) is 0 Å². The molecule has 3 atom stereocenters. The Hall–Kier alpha value is -1.38. The maximum Gasteiger partial charge on any atom is 0.310 e. The molecule has 0 amide bonds. The van der Waals surface area contributed by atoms with Gasteiger partial charge < -0.3 is 5.11 Å². The van der Waals surface area contributed by atoms with Crippen molar-refractivity contribution < 1.29 is 14.3 Å². The van der Waals surface area contributed by atoms with Gasteiger partial charge in [-0.1, -0.05) is 30.3 Å². The minimum absolute atomic E-state index is 0.432. The average Bonchev–Trinajstić information content (AvgIpc) is 2.79. The minimum Gasteiger partial charge on any atom is -0.481 e. The summed E-state index contributed by atoms with van der Waals surface area (Å²) < 4.78 is 13.0. The molecular formula is C10H9FO2. The molecule has 0 aromatic heterocycles. The predicted octanol–water partition coefficient (Wildman–Crippen LogP) is 1.82. The van der Waals surface area contributed by atoms with Gasteiger partial charge in [-0.3, -0.25) is 4.79 Å². The summed E-state index contributed by atoms with van der Waals surface area (Å²) in [6.45, 7) is 0. The van der Waals surface area contributed by atoms with Gasteiger partial charge in [0.25, 0.3) is 0 Å². The molecule has 1 N–H and O–H groups in total. The quantitative estimate of drug-likeness (QED) is 0.753. The molecule has 0 radical (unpaired) electrons. The smallest absolute Gasteiger partial charge is 0.310 e. The number of hydrogen-bond donors (Lipinski definition) is 1. The van der Waals surface area contributed by atoms with Crippen LogP contribution in [-0.4, -0.2) is 17.2 Å². The van der Waals surface area contributed by atoms with Crippen LogP contribution in [0.5, 0.6) is 0 Å². The van der Waals surface area contributed by atoms with E-state index in [1.165, 1.54) is 0 Å². The second-order valence-electron chi connectivity index (χ2n) is 3.24. The van der Waals surface area contributed by atoms with Gasteiger partial charge in [0.15, 0.2) is 0 Å². The van der Waals surface area contributed by atoms with Crippen LogP contribution in [0.25, 0.3) is 0 Å². The van der Waals surface area contributed by atoms with Crippen LogP contribution in [0.2, 0.25) is 0 Å². The number of rotatable bonds is 2. The zero-order valence-corrected chi connectivity index (χ0v) is 6.85. The number of carboxylic acids is 1. The zero-order valence-electron chi connectivity index (χ0n) is 6.85. The van der Waals surface area contributed by atoms with Crippen molar-refractivity contribution in [2.45, 2.75) is 12.1 Å². The van der Waals surface area contributed by atoms with E-state index in [1.807, 2.05) is 6.07 Å². The molecule has 0 aliphatic heterocycles. The molecule has 2 rings (SSSR count). The second-order valence-corrected chi connectivity index (χ2v) is 3.24. The van der Waals surface area contributed by atoms with E-state index in [1.54, 1.807) is 24.3 Å². The first-order valence-electron chi connectivity index (χ1n) is 4.13. The minimum atomic E-state index is -1.21. The first kappa shape index (κ1) is 8.23. The highest BCUT2D eigenvalue weighted by molar-refractivity contribution is 5.77. The lowest BCUT2D eigenvalue weighted by molar-refractivity contribution is -0.139. The molecule has 0 spiro atoms. The van der Waals surface area contributed by atoms with E-state index >= 15 is 0 Å². The molecule has 13 heavy (non-hydrogen) atoms. The maximum absolute atomic E-state index is 13.0. The van der Waals surface area contributed by atoms with Gasteiger partial charge in [-0.05, 0) is 5.56 Å². The Morgan fingerprint density at radius 2 is 1.92 bits per heavy atom. The molecule has 2 nitrogen and oxygen atoms in total. The van der Waals surface area contributed by atoms with Gasteiger partial charge in [0.1, 0.15) is 6.17 Å². The molecular weight excluding hydrogens is 171 g/mol. The Balaban J connectivity index is 2.18. The Kier molecular flexibility index (Phi) is 1.79. The Labute approximate surface area is 75.0 Å². The van der Waals surface area contributed by atoms with Crippen LogP contribution < -0.4 is 0 Å². The summed E-state index contributed by atoms with van der Waals surface area (Å²) in [5, 5.41) is 8.62. The van der Waals surface area contributed by atoms with E-state index in [0.717, 1.165) is 5.56 Å². The number of aliphatic carboxylic acids is 1. The van der Waals surface area contributed by atoms with E-state index < -0.39 is 24.0 Å². The SMILES string of the molecule is O=C(O)C1C(F)C1c1ccccc1. The standard InChI is InChI=1S/C10H9FO2/c11-9-7(8(9)10(12)13)6-4-2-1-3-5-6/h1-5,7-9H,(H,12,13). The van der Waals surface area contributed by atoms with Crippen molar-refractivity contribution in [3.8, 4) is 0 Å². The third-order valence-electron chi connectivity index (χ3n) is 2.40. The third-order valence-corrected chi connectivity index (χ3v) is 2.40. The van der Waals surface area contributed by atoms with Crippen molar-refractivity contribution in [1.82, 2.24) is 0 Å². The lowest BCUT2D eigenvalue weighted by Crippen LogP contribution is -2.00. The average molecular weight is 180 g/mol. The van der Waals surface area contributed by atoms with Crippen molar-refractivity contribution in [2.24, 2.45) is 5.92 Å². The van der Waals surface area contributed by atoms with Gasteiger partial charge in [0, 0.05) is 5.92 Å². The van der Waals surface area contributed by atoms with Crippen LogP contribution in [0, 0.1) is 5.92 Å². The fourth-order valence-electron chi connectivity index (χ4n) is 1.63. The molecule has 1 fully saturated rings. The molecule has 1 aliphatic rings. The summed E-state index contributed by atoms with van der Waals surface area (Å²) in [4.78, 5) is 10.5. The number of carboxylic acid groups (broad SMARTS) is 1. The first-order valence-corrected chi connectivity index (χ1v) is 4.13. The van der Waals surface area contributed by atoms with Crippen LogP contribution >= 0.6 is 0 Å². The Morgan fingerprint density at radius 1 is 1.31 bits per heavy atom. The molecule has 1 aromatic carbocycles. The highest BCUT2D eigenvalue weighted by Crippen LogP contribution is 2.50. The number of carbonyl (C=O) groups is 1. The fourth-order valence-corrected chi connectivity index (χ4v) is 1.63. The number of alkyl halides is 1. The van der Waals surface area contributed by atoms with E-state index in [2.05, 4.69) is 0 Å². The molecule has 1 aliphatic carbocycles. The Morgan fingerprint density at radius 3 is 2.38 bits per heavy atom. The predicted molar refractivity (Wildman–Crippen MR) is 45.2 cm³/mol. The van der Waals surface area contributed by atoms with Gasteiger partial charge in [-0.15, -0.1) is 0 Å². The largest absolute Gasteiger partial charge is 0.481 e. The summed E-state index contributed by atoms with van der Waals surface area (Å²) in [7, 11) is 0. The lowest BCUT2D eigenvalue weighted by atomic mass is 10.1. The molecule has 0 bridgehead atoms. The van der Waals surface area contributed by atoms with Gasteiger partial charge in [-0.2, -0.15) is 0 Å². The van der Waals surface area contributed by atoms with Gasteiger partial charge in [0.2, 0.25) is 0 Å². The van der Waals surface area contributed by atoms with Crippen molar-refractivity contribution in [1.29, 1.82) is 0 Å². The van der Waals surface area contributed by atoms with Crippen molar-refractivity contribution >= 4 is 5.97 Å². The highest BCUT2D eigenvalue weighted by atomic mass is 19.1. The van der Waals surface area contributed by atoms with Crippen LogP contribution in [0.1, 0.15) is 11.5 Å². The molecule has 68 valence electrons. The van der Waals surface area contributed by atoms with E-state index in [0.29, 0.717) is 0 Å². The summed E-state index contributed by atoms with van der Waals surface area (Å²) in [6, 6.07) is 8.94. The summed E-state index contributed by atoms with van der Waals surface area (Å²) in [5.41, 5.74) is 0.780. The van der Waals surface area contributed by atoms with Gasteiger partial charge >= 0.3 is 5.97 Å².